The van der Waals surface area contributed by atoms with Gasteiger partial charge in [-0.25, -0.2) is 4.98 Å². The molecule has 0 saturated heterocycles. The summed E-state index contributed by atoms with van der Waals surface area (Å²) >= 11 is 0. The molecule has 2 atom stereocenters. The number of nitrogens with one attached hydrogen (secondary N) is 1. The molecule has 6 rings (SSSR count). The molecule has 1 heterocycles. The summed E-state index contributed by atoms with van der Waals surface area (Å²) in [5.74, 6) is 1.62. The van der Waals surface area contributed by atoms with Gasteiger partial charge in [0.2, 0.25) is 0 Å². The fourth-order valence-corrected chi connectivity index (χ4v) is 7.04. The van der Waals surface area contributed by atoms with E-state index in [9.17, 15) is 9.59 Å². The van der Waals surface area contributed by atoms with E-state index in [4.69, 9.17) is 9.84 Å². The van der Waals surface area contributed by atoms with Crippen LogP contribution in [0.2, 0.25) is 0 Å². The van der Waals surface area contributed by atoms with Gasteiger partial charge in [0.15, 0.2) is 5.78 Å². The van der Waals surface area contributed by atoms with Gasteiger partial charge in [0.1, 0.15) is 18.1 Å². The third kappa shape index (κ3) is 4.51. The predicted octanol–water partition coefficient (Wildman–Crippen LogP) is 3.50. The topological polar surface area (TPSA) is 101 Å². The van der Waals surface area contributed by atoms with Crippen LogP contribution in [0.15, 0.2) is 36.7 Å². The zero-order chi connectivity index (χ0) is 23.1. The lowest BCUT2D eigenvalue weighted by molar-refractivity contribution is -0.0771. The van der Waals surface area contributed by atoms with Crippen LogP contribution in [0.25, 0.3) is 0 Å². The van der Waals surface area contributed by atoms with Gasteiger partial charge < -0.3 is 15.2 Å². The van der Waals surface area contributed by atoms with E-state index in [1.165, 1.54) is 6.42 Å². The zero-order valence-corrected chi connectivity index (χ0v) is 19.0. The molecule has 4 saturated carbocycles. The van der Waals surface area contributed by atoms with Gasteiger partial charge in [-0.2, -0.15) is 0 Å². The SMILES string of the molecule is Cc1cncc(C(=O)CC23CC4CC(C2)CC(NC(=O)c2cccc(OCCO)c2)(C4)C3)n1. The van der Waals surface area contributed by atoms with E-state index in [0.29, 0.717) is 35.3 Å². The van der Waals surface area contributed by atoms with Crippen LogP contribution in [-0.4, -0.2) is 45.5 Å². The smallest absolute Gasteiger partial charge is 0.251 e. The maximum Gasteiger partial charge on any atom is 0.251 e. The molecule has 1 amide bonds. The summed E-state index contributed by atoms with van der Waals surface area (Å²) in [6, 6.07) is 7.09. The number of aryl methyl sites for hydroxylation is 1. The first-order valence-corrected chi connectivity index (χ1v) is 11.9. The van der Waals surface area contributed by atoms with Crippen molar-refractivity contribution >= 4 is 11.7 Å². The van der Waals surface area contributed by atoms with Gasteiger partial charge in [-0.05, 0) is 80.9 Å². The molecular formula is C26H31N3O4. The number of amides is 1. The fraction of sp³-hybridized carbons (Fsp3) is 0.538. The van der Waals surface area contributed by atoms with Crippen molar-refractivity contribution in [1.29, 1.82) is 0 Å². The van der Waals surface area contributed by atoms with E-state index in [-0.39, 0.29) is 35.9 Å². The van der Waals surface area contributed by atoms with Crippen molar-refractivity contribution < 1.29 is 19.4 Å². The Morgan fingerprint density at radius 3 is 2.70 bits per heavy atom. The summed E-state index contributed by atoms with van der Waals surface area (Å²) in [6.45, 7) is 1.97. The molecule has 0 aliphatic heterocycles. The van der Waals surface area contributed by atoms with E-state index in [1.807, 2.05) is 6.92 Å². The third-order valence-corrected chi connectivity index (χ3v) is 7.59. The summed E-state index contributed by atoms with van der Waals surface area (Å²) in [5, 5.41) is 12.4. The van der Waals surface area contributed by atoms with Crippen LogP contribution < -0.4 is 10.1 Å². The molecule has 2 N–H and O–H groups in total. The summed E-state index contributed by atoms with van der Waals surface area (Å²) in [5.41, 5.74) is 1.42. The van der Waals surface area contributed by atoms with Crippen LogP contribution >= 0.6 is 0 Å². The number of aliphatic hydroxyl groups is 1. The number of carbonyl (C=O) groups excluding carboxylic acids is 2. The molecule has 4 fully saturated rings. The first kappa shape index (κ1) is 22.0. The minimum Gasteiger partial charge on any atom is -0.491 e. The number of hydrogen-bond donors (Lipinski definition) is 2. The molecule has 1 aromatic heterocycles. The van der Waals surface area contributed by atoms with Gasteiger partial charge in [-0.1, -0.05) is 6.07 Å². The van der Waals surface area contributed by atoms with E-state index in [1.54, 1.807) is 36.7 Å². The Balaban J connectivity index is 1.34. The Morgan fingerprint density at radius 2 is 1.97 bits per heavy atom. The molecule has 7 nitrogen and oxygen atoms in total. The number of hydrogen-bond acceptors (Lipinski definition) is 6. The number of aromatic nitrogens is 2. The number of nitrogens with zero attached hydrogens (tertiary/aromatic N) is 2. The van der Waals surface area contributed by atoms with Gasteiger partial charge in [0.25, 0.3) is 5.91 Å². The number of Topliss-reactive ketones (excluding diaryl/α,β-unsaturated/α-hetero) is 1. The van der Waals surface area contributed by atoms with E-state index in [0.717, 1.165) is 37.8 Å². The number of ether oxygens (including phenoxy) is 1. The lowest BCUT2D eigenvalue weighted by atomic mass is 9.46. The van der Waals surface area contributed by atoms with Crippen molar-refractivity contribution in [3.05, 3.63) is 53.6 Å². The molecule has 174 valence electrons. The Hall–Kier alpha value is -2.80. The van der Waals surface area contributed by atoms with Crippen molar-refractivity contribution in [3.63, 3.8) is 0 Å². The Kier molecular flexibility index (Phi) is 5.69. The van der Waals surface area contributed by atoms with Crippen LogP contribution in [0.5, 0.6) is 5.75 Å². The van der Waals surface area contributed by atoms with Crippen molar-refractivity contribution in [2.45, 2.75) is 57.4 Å². The first-order valence-electron chi connectivity index (χ1n) is 11.9. The average molecular weight is 450 g/mol. The fourth-order valence-electron chi connectivity index (χ4n) is 7.04. The minimum atomic E-state index is -0.262. The second-order valence-electron chi connectivity index (χ2n) is 10.4. The number of rotatable bonds is 8. The molecule has 2 aromatic rings. The van der Waals surface area contributed by atoms with E-state index in [2.05, 4.69) is 15.3 Å². The van der Waals surface area contributed by atoms with Crippen LogP contribution in [0.3, 0.4) is 0 Å². The minimum absolute atomic E-state index is 0.0587. The largest absolute Gasteiger partial charge is 0.491 e. The highest BCUT2D eigenvalue weighted by Gasteiger charge is 2.58. The van der Waals surface area contributed by atoms with E-state index < -0.39 is 0 Å². The van der Waals surface area contributed by atoms with Crippen molar-refractivity contribution in [3.8, 4) is 5.75 Å². The summed E-state index contributed by atoms with van der Waals surface area (Å²) in [4.78, 5) is 34.9. The van der Waals surface area contributed by atoms with Gasteiger partial charge in [0.05, 0.1) is 18.5 Å². The average Bonchev–Trinajstić information content (AvgIpc) is 2.76. The molecule has 4 aliphatic rings. The normalized spacial score (nSPS) is 29.6. The lowest BCUT2D eigenvalue weighted by Gasteiger charge is -2.62. The molecular weight excluding hydrogens is 418 g/mol. The molecule has 4 aliphatic carbocycles. The number of ketones is 1. The highest BCUT2D eigenvalue weighted by molar-refractivity contribution is 5.95. The molecule has 0 spiro atoms. The number of aliphatic hydroxyl groups excluding tert-OH is 1. The van der Waals surface area contributed by atoms with Crippen molar-refractivity contribution in [1.82, 2.24) is 15.3 Å². The first-order chi connectivity index (χ1) is 15.9. The van der Waals surface area contributed by atoms with Gasteiger partial charge in [0, 0.05) is 23.7 Å². The van der Waals surface area contributed by atoms with Crippen molar-refractivity contribution in [2.75, 3.05) is 13.2 Å². The maximum absolute atomic E-state index is 13.2. The highest BCUT2D eigenvalue weighted by atomic mass is 16.5. The second kappa shape index (κ2) is 8.52. The summed E-state index contributed by atoms with van der Waals surface area (Å²) in [7, 11) is 0. The number of carbonyl (C=O) groups is 2. The third-order valence-electron chi connectivity index (χ3n) is 7.59. The summed E-state index contributed by atoms with van der Waals surface area (Å²) in [6.07, 6.45) is 9.81. The van der Waals surface area contributed by atoms with Gasteiger partial charge in [-0.3, -0.25) is 14.6 Å². The molecule has 33 heavy (non-hydrogen) atoms. The van der Waals surface area contributed by atoms with Gasteiger partial charge in [-0.15, -0.1) is 0 Å². The Morgan fingerprint density at radius 1 is 1.18 bits per heavy atom. The lowest BCUT2D eigenvalue weighted by Crippen LogP contribution is -2.63. The predicted molar refractivity (Wildman–Crippen MR) is 122 cm³/mol. The van der Waals surface area contributed by atoms with Gasteiger partial charge >= 0.3 is 0 Å². The molecule has 0 radical (unpaired) electrons. The molecule has 2 unspecified atom stereocenters. The Labute approximate surface area is 194 Å². The van der Waals surface area contributed by atoms with Crippen LogP contribution in [0, 0.1) is 24.2 Å². The van der Waals surface area contributed by atoms with Crippen molar-refractivity contribution in [2.24, 2.45) is 17.3 Å². The van der Waals surface area contributed by atoms with Crippen LogP contribution in [0.4, 0.5) is 0 Å². The second-order valence-corrected chi connectivity index (χ2v) is 10.4. The highest BCUT2D eigenvalue weighted by Crippen LogP contribution is 2.63. The zero-order valence-electron chi connectivity index (χ0n) is 19.0. The molecule has 4 bridgehead atoms. The van der Waals surface area contributed by atoms with E-state index >= 15 is 0 Å². The Bertz CT molecular complexity index is 1060. The standard InChI is InChI=1S/C26H31N3O4/c1-17-14-27-15-22(28-17)23(31)13-25-9-18-7-19(10-25)12-26(11-18,16-25)29-24(32)20-3-2-4-21(8-20)33-6-5-30/h2-4,8,14-15,18-19,30H,5-7,9-13,16H2,1H3,(H,29,32). The maximum atomic E-state index is 13.2. The molecule has 7 heteroatoms. The quantitative estimate of drug-likeness (QED) is 0.598. The monoisotopic (exact) mass is 449 g/mol. The summed E-state index contributed by atoms with van der Waals surface area (Å²) < 4.78 is 5.47. The van der Waals surface area contributed by atoms with Crippen LogP contribution in [0.1, 0.15) is 71.5 Å². The van der Waals surface area contributed by atoms with Crippen LogP contribution in [-0.2, 0) is 0 Å². The molecule has 1 aromatic carbocycles. The number of benzene rings is 1.